The lowest BCUT2D eigenvalue weighted by Crippen LogP contribution is -2.28. The molecule has 68 valence electrons. The lowest BCUT2D eigenvalue weighted by molar-refractivity contribution is -0.631. The first kappa shape index (κ1) is 8.53. The van der Waals surface area contributed by atoms with E-state index in [9.17, 15) is 0 Å². The summed E-state index contributed by atoms with van der Waals surface area (Å²) in [5, 5.41) is 4.73. The molecule has 1 aromatic carbocycles. The number of azide groups is 1. The van der Waals surface area contributed by atoms with Crippen molar-refractivity contribution >= 4 is 16.7 Å². The fourth-order valence-electron chi connectivity index (χ4n) is 1.48. The van der Waals surface area contributed by atoms with Crippen molar-refractivity contribution in [2.45, 2.75) is 0 Å². The second kappa shape index (κ2) is 3.36. The predicted molar refractivity (Wildman–Crippen MR) is 53.9 cm³/mol. The highest BCUT2D eigenvalue weighted by Crippen LogP contribution is 2.13. The molecular weight excluding hydrogens is 176 g/mol. The molecule has 0 radical (unpaired) electrons. The molecule has 1 aromatic heterocycles. The molecule has 0 unspecified atom stereocenters. The summed E-state index contributed by atoms with van der Waals surface area (Å²) in [4.78, 5) is 2.78. The molecule has 0 saturated heterocycles. The summed E-state index contributed by atoms with van der Waals surface area (Å²) in [5.74, 6) is 0.617. The average Bonchev–Trinajstić information content (AvgIpc) is 2.23. The third kappa shape index (κ3) is 1.28. The summed E-state index contributed by atoms with van der Waals surface area (Å²) in [5.41, 5.74) is 9.41. The van der Waals surface area contributed by atoms with Crippen LogP contribution in [0.2, 0.25) is 0 Å². The number of rotatable bonds is 1. The SMILES string of the molecule is C[n+]1c(N=[N+]=[N-])ccc2ccccc21. The van der Waals surface area contributed by atoms with E-state index < -0.39 is 0 Å². The van der Waals surface area contributed by atoms with Crippen LogP contribution >= 0.6 is 0 Å². The molecule has 0 amide bonds. The van der Waals surface area contributed by atoms with Crippen molar-refractivity contribution in [3.63, 3.8) is 0 Å². The first-order chi connectivity index (χ1) is 6.83. The number of aryl methyl sites for hydroxylation is 1. The zero-order chi connectivity index (χ0) is 9.97. The third-order valence-electron chi connectivity index (χ3n) is 2.20. The quantitative estimate of drug-likeness (QED) is 0.284. The maximum absolute atomic E-state index is 8.36. The van der Waals surface area contributed by atoms with E-state index in [2.05, 4.69) is 10.0 Å². The second-order valence-electron chi connectivity index (χ2n) is 3.00. The normalized spacial score (nSPS) is 9.79. The fraction of sp³-hybridized carbons (Fsp3) is 0.100. The van der Waals surface area contributed by atoms with Crippen molar-refractivity contribution in [3.05, 3.63) is 46.8 Å². The largest absolute Gasteiger partial charge is 0.261 e. The molecule has 0 bridgehead atoms. The van der Waals surface area contributed by atoms with Gasteiger partial charge in [0.05, 0.1) is 7.05 Å². The van der Waals surface area contributed by atoms with Gasteiger partial charge in [-0.3, -0.25) is 4.57 Å². The smallest absolute Gasteiger partial charge is 0.188 e. The van der Waals surface area contributed by atoms with Crippen molar-refractivity contribution < 1.29 is 4.57 Å². The Morgan fingerprint density at radius 1 is 1.21 bits per heavy atom. The number of aromatic nitrogens is 1. The first-order valence-electron chi connectivity index (χ1n) is 4.26. The molecule has 0 spiro atoms. The van der Waals surface area contributed by atoms with Crippen LogP contribution in [-0.2, 0) is 7.05 Å². The number of hydrogen-bond acceptors (Lipinski definition) is 1. The average molecular weight is 185 g/mol. The number of pyridine rings is 1. The van der Waals surface area contributed by atoms with Gasteiger partial charge in [-0.05, 0) is 28.8 Å². The lowest BCUT2D eigenvalue weighted by atomic mass is 10.2. The first-order valence-corrected chi connectivity index (χ1v) is 4.26. The van der Waals surface area contributed by atoms with E-state index in [-0.39, 0.29) is 0 Å². The van der Waals surface area contributed by atoms with Crippen molar-refractivity contribution in [2.75, 3.05) is 0 Å². The highest BCUT2D eigenvalue weighted by molar-refractivity contribution is 5.76. The minimum atomic E-state index is 0.617. The third-order valence-corrected chi connectivity index (χ3v) is 2.20. The summed E-state index contributed by atoms with van der Waals surface area (Å²) < 4.78 is 1.87. The van der Waals surface area contributed by atoms with Gasteiger partial charge < -0.3 is 0 Å². The molecule has 0 aliphatic carbocycles. The number of hydrogen-bond donors (Lipinski definition) is 0. The predicted octanol–water partition coefficient (Wildman–Crippen LogP) is 2.61. The fourth-order valence-corrected chi connectivity index (χ4v) is 1.48. The van der Waals surface area contributed by atoms with E-state index in [1.807, 2.05) is 48.0 Å². The van der Waals surface area contributed by atoms with Gasteiger partial charge >= 0.3 is 0 Å². The Labute approximate surface area is 81.0 Å². The minimum Gasteiger partial charge on any atom is -0.261 e. The monoisotopic (exact) mass is 185 g/mol. The Kier molecular flexibility index (Phi) is 2.05. The molecule has 4 heteroatoms. The maximum Gasteiger partial charge on any atom is 0.188 e. The molecule has 0 atom stereocenters. The van der Waals surface area contributed by atoms with Crippen LogP contribution in [0.4, 0.5) is 5.82 Å². The molecule has 0 aliphatic rings. The Bertz CT molecular complexity index is 527. The highest BCUT2D eigenvalue weighted by atomic mass is 15.2. The second-order valence-corrected chi connectivity index (χ2v) is 3.00. The molecule has 0 saturated carbocycles. The van der Waals surface area contributed by atoms with Crippen molar-refractivity contribution in [1.29, 1.82) is 0 Å². The Morgan fingerprint density at radius 3 is 2.79 bits per heavy atom. The number of para-hydroxylation sites is 1. The lowest BCUT2D eigenvalue weighted by Gasteiger charge is -2.02. The van der Waals surface area contributed by atoms with Crippen molar-refractivity contribution in [2.24, 2.45) is 12.2 Å². The Balaban J connectivity index is 2.81. The van der Waals surface area contributed by atoms with Crippen LogP contribution in [0.5, 0.6) is 0 Å². The van der Waals surface area contributed by atoms with Gasteiger partial charge in [-0.25, -0.2) is 0 Å². The van der Waals surface area contributed by atoms with E-state index in [1.54, 1.807) is 0 Å². The van der Waals surface area contributed by atoms with Crippen LogP contribution < -0.4 is 4.57 Å². The standard InChI is InChI=1S/C10H9N4/c1-14-9-5-3-2-4-8(9)6-7-10(14)12-13-11/h2-7H,1H3/q+1. The van der Waals surface area contributed by atoms with Gasteiger partial charge in [-0.2, -0.15) is 0 Å². The maximum atomic E-state index is 8.36. The van der Waals surface area contributed by atoms with Crippen LogP contribution in [0.1, 0.15) is 0 Å². The summed E-state index contributed by atoms with van der Waals surface area (Å²) in [6, 6.07) is 11.7. The van der Waals surface area contributed by atoms with Gasteiger partial charge in [0.15, 0.2) is 5.82 Å². The van der Waals surface area contributed by atoms with Gasteiger partial charge in [0.1, 0.15) is 5.52 Å². The number of benzene rings is 1. The van der Waals surface area contributed by atoms with Gasteiger partial charge in [-0.1, -0.05) is 18.2 Å². The number of fused-ring (bicyclic) bond motifs is 1. The topological polar surface area (TPSA) is 52.6 Å². The van der Waals surface area contributed by atoms with E-state index in [0.717, 1.165) is 10.9 Å². The molecule has 0 N–H and O–H groups in total. The van der Waals surface area contributed by atoms with Gasteiger partial charge in [0, 0.05) is 10.3 Å². The molecule has 0 fully saturated rings. The molecular formula is C10H9N4+. The molecule has 4 nitrogen and oxygen atoms in total. The van der Waals surface area contributed by atoms with E-state index in [1.165, 1.54) is 0 Å². The van der Waals surface area contributed by atoms with Crippen molar-refractivity contribution in [3.8, 4) is 0 Å². The molecule has 2 rings (SSSR count). The van der Waals surface area contributed by atoms with Crippen molar-refractivity contribution in [1.82, 2.24) is 0 Å². The summed E-state index contributed by atoms with van der Waals surface area (Å²) >= 11 is 0. The van der Waals surface area contributed by atoms with Crippen LogP contribution in [0, 0.1) is 0 Å². The zero-order valence-corrected chi connectivity index (χ0v) is 7.75. The van der Waals surface area contributed by atoms with Gasteiger partial charge in [0.2, 0.25) is 0 Å². The van der Waals surface area contributed by atoms with E-state index in [4.69, 9.17) is 5.53 Å². The van der Waals surface area contributed by atoms with Gasteiger partial charge in [0.25, 0.3) is 0 Å². The Morgan fingerprint density at radius 2 is 2.00 bits per heavy atom. The van der Waals surface area contributed by atoms with E-state index >= 15 is 0 Å². The summed E-state index contributed by atoms with van der Waals surface area (Å²) in [7, 11) is 1.88. The van der Waals surface area contributed by atoms with Crippen LogP contribution in [-0.4, -0.2) is 0 Å². The van der Waals surface area contributed by atoms with Crippen LogP contribution in [0.15, 0.2) is 41.5 Å². The number of nitrogens with zero attached hydrogens (tertiary/aromatic N) is 4. The molecule has 14 heavy (non-hydrogen) atoms. The van der Waals surface area contributed by atoms with Crippen LogP contribution in [0.3, 0.4) is 0 Å². The van der Waals surface area contributed by atoms with Crippen LogP contribution in [0.25, 0.3) is 21.3 Å². The summed E-state index contributed by atoms with van der Waals surface area (Å²) in [6.07, 6.45) is 0. The molecule has 0 aliphatic heterocycles. The highest BCUT2D eigenvalue weighted by Gasteiger charge is 2.03. The zero-order valence-electron chi connectivity index (χ0n) is 7.75. The van der Waals surface area contributed by atoms with E-state index in [0.29, 0.717) is 5.82 Å². The summed E-state index contributed by atoms with van der Waals surface area (Å²) in [6.45, 7) is 0. The minimum absolute atomic E-state index is 0.617. The molecule has 1 heterocycles. The molecule has 2 aromatic rings. The Hall–Kier alpha value is -2.06. The van der Waals surface area contributed by atoms with Gasteiger partial charge in [-0.15, -0.1) is 0 Å².